The quantitative estimate of drug-likeness (QED) is 0.214. The van der Waals surface area contributed by atoms with Gasteiger partial charge in [0, 0.05) is 25.7 Å². The average Bonchev–Trinajstić information content (AvgIpc) is 3.72. The van der Waals surface area contributed by atoms with Crippen molar-refractivity contribution in [3.63, 3.8) is 0 Å². The van der Waals surface area contributed by atoms with E-state index in [1.165, 1.54) is 24.8 Å². The van der Waals surface area contributed by atoms with E-state index in [0.717, 1.165) is 31.7 Å². The summed E-state index contributed by atoms with van der Waals surface area (Å²) >= 11 is 0. The molecule has 2 aliphatic heterocycles. The Morgan fingerprint density at radius 2 is 1.83 bits per heavy atom. The molecule has 0 amide bonds. The molecule has 3 aromatic heterocycles. The van der Waals surface area contributed by atoms with Crippen LogP contribution in [0.5, 0.6) is 0 Å². The van der Waals surface area contributed by atoms with Crippen LogP contribution in [0.25, 0.3) is 11.2 Å². The standard InChI is InChI=1S/C29H38N8O4/c1-2-20-17-21(41-35-20)25-23(38)24(39)28(40-25)37-18-32-22-26(30-12-11-19-9-5-3-6-10-19)33-29(34-27(22)37)31-13-16-36-14-7-4-8-15-36/h3,5-6,9-10,17-18,23-25,28,38-39H,2,4,7-8,11-16H2,1H3,(H2,30,31,33,34)/t23-,24+,25+,28+/m1/s1. The van der Waals surface area contributed by atoms with Crippen molar-refractivity contribution in [1.82, 2.24) is 29.6 Å². The van der Waals surface area contributed by atoms with Crippen LogP contribution in [0.15, 0.2) is 47.2 Å². The number of imidazole rings is 1. The summed E-state index contributed by atoms with van der Waals surface area (Å²) in [5.74, 6) is 1.43. The highest BCUT2D eigenvalue weighted by Crippen LogP contribution is 2.40. The molecule has 0 aliphatic carbocycles. The predicted octanol–water partition coefficient (Wildman–Crippen LogP) is 2.92. The zero-order valence-electron chi connectivity index (χ0n) is 23.3. The number of aryl methyl sites for hydroxylation is 1. The Labute approximate surface area is 238 Å². The second-order valence-electron chi connectivity index (χ2n) is 10.7. The summed E-state index contributed by atoms with van der Waals surface area (Å²) in [6.07, 6.45) is 2.62. The highest BCUT2D eigenvalue weighted by Gasteiger charge is 2.47. The Hall–Kier alpha value is -3.58. The molecule has 6 rings (SSSR count). The number of fused-ring (bicyclic) bond motifs is 1. The Morgan fingerprint density at radius 3 is 2.61 bits per heavy atom. The molecule has 0 bridgehead atoms. The van der Waals surface area contributed by atoms with E-state index >= 15 is 0 Å². The minimum Gasteiger partial charge on any atom is -0.387 e. The van der Waals surface area contributed by atoms with Gasteiger partial charge in [-0.05, 0) is 44.3 Å². The maximum absolute atomic E-state index is 11.0. The molecule has 12 heteroatoms. The topological polar surface area (TPSA) is 147 Å². The predicted molar refractivity (Wildman–Crippen MR) is 153 cm³/mol. The number of hydrogen-bond donors (Lipinski definition) is 4. The number of nitrogens with one attached hydrogen (secondary N) is 2. The summed E-state index contributed by atoms with van der Waals surface area (Å²) in [6, 6.07) is 12.0. The van der Waals surface area contributed by atoms with Gasteiger partial charge >= 0.3 is 0 Å². The lowest BCUT2D eigenvalue weighted by atomic mass is 10.1. The van der Waals surface area contributed by atoms with E-state index in [1.54, 1.807) is 17.0 Å². The van der Waals surface area contributed by atoms with Crippen LogP contribution in [-0.4, -0.2) is 84.7 Å². The second-order valence-corrected chi connectivity index (χ2v) is 10.7. The van der Waals surface area contributed by atoms with Crippen LogP contribution in [0.1, 0.15) is 55.5 Å². The summed E-state index contributed by atoms with van der Waals surface area (Å²) in [5, 5.41) is 32.7. The minimum absolute atomic E-state index is 0.373. The lowest BCUT2D eigenvalue weighted by Gasteiger charge is -2.26. The molecular weight excluding hydrogens is 524 g/mol. The molecule has 2 fully saturated rings. The van der Waals surface area contributed by atoms with Gasteiger partial charge < -0.3 is 35.0 Å². The third-order valence-corrected chi connectivity index (χ3v) is 7.86. The molecule has 2 aliphatic rings. The normalized spacial score (nSPS) is 23.3. The molecule has 0 saturated carbocycles. The van der Waals surface area contributed by atoms with E-state index in [1.807, 2.05) is 25.1 Å². The van der Waals surface area contributed by atoms with Crippen molar-refractivity contribution >= 4 is 22.9 Å². The first-order valence-electron chi connectivity index (χ1n) is 14.6. The second kappa shape index (κ2) is 12.5. The number of rotatable bonds is 11. The third-order valence-electron chi connectivity index (χ3n) is 7.86. The van der Waals surface area contributed by atoms with Crippen molar-refractivity contribution in [3.8, 4) is 0 Å². The summed E-state index contributed by atoms with van der Waals surface area (Å²) in [7, 11) is 0. The minimum atomic E-state index is -1.23. The SMILES string of the molecule is CCc1cc([C@@H]2O[C@H](n3cnc4c(NCCc5ccccc5)nc(NCCN5CCCCC5)nc43)[C@@H](O)[C@H]2O)on1. The molecule has 41 heavy (non-hydrogen) atoms. The number of aromatic nitrogens is 5. The molecule has 218 valence electrons. The van der Waals surface area contributed by atoms with Crippen LogP contribution in [0.4, 0.5) is 11.8 Å². The van der Waals surface area contributed by atoms with Gasteiger partial charge in [0.2, 0.25) is 5.95 Å². The molecule has 0 unspecified atom stereocenters. The largest absolute Gasteiger partial charge is 0.387 e. The zero-order valence-corrected chi connectivity index (χ0v) is 23.3. The Morgan fingerprint density at radius 1 is 1.00 bits per heavy atom. The van der Waals surface area contributed by atoms with E-state index in [9.17, 15) is 10.2 Å². The number of nitrogens with zero attached hydrogens (tertiary/aromatic N) is 6. The molecule has 0 spiro atoms. The van der Waals surface area contributed by atoms with Gasteiger partial charge in [-0.15, -0.1) is 0 Å². The number of anilines is 2. The number of piperidine rings is 1. The fourth-order valence-electron chi connectivity index (χ4n) is 5.54. The van der Waals surface area contributed by atoms with Crippen LogP contribution >= 0.6 is 0 Å². The highest BCUT2D eigenvalue weighted by molar-refractivity contribution is 5.84. The zero-order chi connectivity index (χ0) is 28.2. The Kier molecular flexibility index (Phi) is 8.42. The van der Waals surface area contributed by atoms with Gasteiger partial charge in [-0.3, -0.25) is 4.57 Å². The van der Waals surface area contributed by atoms with Gasteiger partial charge in [0.25, 0.3) is 0 Å². The number of ether oxygens (including phenoxy) is 1. The van der Waals surface area contributed by atoms with Crippen molar-refractivity contribution in [3.05, 3.63) is 59.7 Å². The molecule has 4 atom stereocenters. The molecule has 5 heterocycles. The average molecular weight is 563 g/mol. The van der Waals surface area contributed by atoms with Crippen molar-refractivity contribution in [2.24, 2.45) is 0 Å². The van der Waals surface area contributed by atoms with Crippen molar-refractivity contribution in [1.29, 1.82) is 0 Å². The smallest absolute Gasteiger partial charge is 0.226 e. The third kappa shape index (κ3) is 6.05. The fraction of sp³-hybridized carbons (Fsp3) is 0.517. The van der Waals surface area contributed by atoms with Gasteiger partial charge in [-0.25, -0.2) is 4.98 Å². The number of benzene rings is 1. The van der Waals surface area contributed by atoms with Gasteiger partial charge in [0.1, 0.15) is 18.3 Å². The van der Waals surface area contributed by atoms with Gasteiger partial charge in [0.05, 0.1) is 12.0 Å². The van der Waals surface area contributed by atoms with E-state index in [-0.39, 0.29) is 0 Å². The summed E-state index contributed by atoms with van der Waals surface area (Å²) in [6.45, 7) is 6.47. The van der Waals surface area contributed by atoms with Crippen LogP contribution in [0.3, 0.4) is 0 Å². The maximum atomic E-state index is 11.0. The van der Waals surface area contributed by atoms with Gasteiger partial charge in [-0.1, -0.05) is 48.8 Å². The monoisotopic (exact) mass is 562 g/mol. The van der Waals surface area contributed by atoms with E-state index in [0.29, 0.717) is 48.2 Å². The molecule has 4 aromatic rings. The highest BCUT2D eigenvalue weighted by atomic mass is 16.6. The molecule has 12 nitrogen and oxygen atoms in total. The van der Waals surface area contributed by atoms with Crippen LogP contribution < -0.4 is 10.6 Å². The van der Waals surface area contributed by atoms with Gasteiger partial charge in [0.15, 0.2) is 29.0 Å². The number of aliphatic hydroxyl groups is 2. The molecule has 1 aromatic carbocycles. The summed E-state index contributed by atoms with van der Waals surface area (Å²) < 4.78 is 13.2. The lowest BCUT2D eigenvalue weighted by molar-refractivity contribution is -0.0434. The summed E-state index contributed by atoms with van der Waals surface area (Å²) in [5.41, 5.74) is 3.02. The first kappa shape index (κ1) is 27.6. The molecular formula is C29H38N8O4. The fourth-order valence-corrected chi connectivity index (χ4v) is 5.54. The molecule has 4 N–H and O–H groups in total. The van der Waals surface area contributed by atoms with Crippen molar-refractivity contribution in [2.45, 2.75) is 63.6 Å². The van der Waals surface area contributed by atoms with Gasteiger partial charge in [-0.2, -0.15) is 9.97 Å². The van der Waals surface area contributed by atoms with Crippen LogP contribution in [0, 0.1) is 0 Å². The first-order valence-corrected chi connectivity index (χ1v) is 14.6. The summed E-state index contributed by atoms with van der Waals surface area (Å²) in [4.78, 5) is 16.6. The van der Waals surface area contributed by atoms with Crippen molar-refractivity contribution < 1.29 is 19.5 Å². The number of hydrogen-bond acceptors (Lipinski definition) is 11. The first-order chi connectivity index (χ1) is 20.1. The molecule has 0 radical (unpaired) electrons. The van der Waals surface area contributed by atoms with Crippen LogP contribution in [0.2, 0.25) is 0 Å². The van der Waals surface area contributed by atoms with E-state index < -0.39 is 24.5 Å². The maximum Gasteiger partial charge on any atom is 0.226 e. The van der Waals surface area contributed by atoms with E-state index in [2.05, 4.69) is 37.8 Å². The number of aliphatic hydroxyl groups excluding tert-OH is 2. The van der Waals surface area contributed by atoms with Crippen LogP contribution in [-0.2, 0) is 17.6 Å². The number of likely N-dealkylation sites (tertiary alicyclic amines) is 1. The Balaban J connectivity index is 1.25. The van der Waals surface area contributed by atoms with E-state index in [4.69, 9.17) is 19.2 Å². The molecule has 2 saturated heterocycles. The Bertz CT molecular complexity index is 1420. The lowest BCUT2D eigenvalue weighted by Crippen LogP contribution is -2.34. The van der Waals surface area contributed by atoms with Crippen molar-refractivity contribution in [2.75, 3.05) is 43.4 Å².